The number of rotatable bonds is 3. The van der Waals surface area contributed by atoms with Crippen molar-refractivity contribution in [2.45, 2.75) is 31.2 Å². The zero-order valence-electron chi connectivity index (χ0n) is 16.6. The van der Waals surface area contributed by atoms with Gasteiger partial charge in [0.05, 0.1) is 15.8 Å². The van der Waals surface area contributed by atoms with Crippen molar-refractivity contribution in [1.29, 1.82) is 0 Å². The molecular formula is C21H21N3O5S. The Balaban J connectivity index is 1.77. The topological polar surface area (TPSA) is 109 Å². The molecule has 1 N–H and O–H groups in total. The number of carbonyl (C=O) groups excluding carboxylic acids is 1. The molecule has 1 aliphatic heterocycles. The van der Waals surface area contributed by atoms with Gasteiger partial charge in [-0.2, -0.15) is 0 Å². The molecule has 1 aromatic heterocycles. The number of amides is 1. The van der Waals surface area contributed by atoms with Gasteiger partial charge in [-0.1, -0.05) is 0 Å². The van der Waals surface area contributed by atoms with Crippen LogP contribution < -0.4 is 16.1 Å². The van der Waals surface area contributed by atoms with Crippen LogP contribution in [0.3, 0.4) is 0 Å². The molecule has 9 heteroatoms. The maximum absolute atomic E-state index is 13.2. The number of carbonyl (C=O) groups is 1. The van der Waals surface area contributed by atoms with E-state index in [2.05, 4.69) is 4.98 Å². The second-order valence-corrected chi connectivity index (χ2v) is 9.38. The Hall–Kier alpha value is -3.20. The maximum atomic E-state index is 13.2. The first-order valence-electron chi connectivity index (χ1n) is 9.62. The van der Waals surface area contributed by atoms with Gasteiger partial charge in [0.25, 0.3) is 11.5 Å². The highest BCUT2D eigenvalue weighted by atomic mass is 32.2. The van der Waals surface area contributed by atoms with Crippen LogP contribution in [-0.2, 0) is 22.8 Å². The van der Waals surface area contributed by atoms with Gasteiger partial charge in [0.15, 0.2) is 9.84 Å². The summed E-state index contributed by atoms with van der Waals surface area (Å²) >= 11 is 0. The van der Waals surface area contributed by atoms with E-state index in [1.54, 1.807) is 36.1 Å². The molecule has 2 heterocycles. The second kappa shape index (κ2) is 7.24. The van der Waals surface area contributed by atoms with E-state index in [1.807, 2.05) is 0 Å². The molecule has 1 aliphatic rings. The zero-order valence-corrected chi connectivity index (χ0v) is 17.5. The minimum Gasteiger partial charge on any atom is -0.308 e. The Bertz CT molecular complexity index is 1400. The fourth-order valence-electron chi connectivity index (χ4n) is 3.85. The lowest BCUT2D eigenvalue weighted by Crippen LogP contribution is -2.36. The molecule has 8 nitrogen and oxygen atoms in total. The number of hydrogen-bond donors (Lipinski definition) is 1. The van der Waals surface area contributed by atoms with Crippen LogP contribution >= 0.6 is 0 Å². The molecule has 4 rings (SSSR count). The average Bonchev–Trinajstić information content (AvgIpc) is 2.71. The van der Waals surface area contributed by atoms with Gasteiger partial charge in [-0.15, -0.1) is 0 Å². The lowest BCUT2D eigenvalue weighted by Gasteiger charge is -2.30. The van der Waals surface area contributed by atoms with Gasteiger partial charge < -0.3 is 9.88 Å². The number of hydrogen-bond acceptors (Lipinski definition) is 5. The summed E-state index contributed by atoms with van der Waals surface area (Å²) in [5.41, 5.74) is 1.21. The van der Waals surface area contributed by atoms with E-state index in [0.717, 1.165) is 16.4 Å². The van der Waals surface area contributed by atoms with E-state index in [4.69, 9.17) is 0 Å². The number of aryl methyl sites for hydroxylation is 1. The van der Waals surface area contributed by atoms with Crippen LogP contribution in [0.1, 0.15) is 29.3 Å². The Morgan fingerprint density at radius 2 is 1.90 bits per heavy atom. The molecule has 0 aliphatic carbocycles. The Labute approximate surface area is 172 Å². The summed E-state index contributed by atoms with van der Waals surface area (Å²) in [4.78, 5) is 42.3. The second-order valence-electron chi connectivity index (χ2n) is 7.36. The minimum absolute atomic E-state index is 0.228. The van der Waals surface area contributed by atoms with Crippen molar-refractivity contribution in [2.24, 2.45) is 0 Å². The van der Waals surface area contributed by atoms with Crippen LogP contribution in [0.5, 0.6) is 0 Å². The van der Waals surface area contributed by atoms with Crippen molar-refractivity contribution in [3.05, 3.63) is 68.4 Å². The van der Waals surface area contributed by atoms with Gasteiger partial charge in [-0.25, -0.2) is 13.2 Å². The number of benzene rings is 2. The summed E-state index contributed by atoms with van der Waals surface area (Å²) in [5.74, 6) is -0.273. The van der Waals surface area contributed by atoms with E-state index >= 15 is 0 Å². The maximum Gasteiger partial charge on any atom is 0.328 e. The van der Waals surface area contributed by atoms with Crippen LogP contribution in [-0.4, -0.2) is 36.7 Å². The number of aromatic amines is 1. The summed E-state index contributed by atoms with van der Waals surface area (Å²) in [6, 6.07) is 9.42. The first-order valence-corrected chi connectivity index (χ1v) is 11.5. The normalized spacial score (nSPS) is 14.0. The average molecular weight is 427 g/mol. The van der Waals surface area contributed by atoms with E-state index < -0.39 is 21.1 Å². The largest absolute Gasteiger partial charge is 0.328 e. The summed E-state index contributed by atoms with van der Waals surface area (Å²) in [7, 11) is -3.33. The van der Waals surface area contributed by atoms with Crippen molar-refractivity contribution in [1.82, 2.24) is 9.55 Å². The molecule has 1 amide bonds. The number of sulfone groups is 1. The summed E-state index contributed by atoms with van der Waals surface area (Å²) in [6.45, 7) is 2.46. The van der Waals surface area contributed by atoms with Gasteiger partial charge >= 0.3 is 5.69 Å². The van der Waals surface area contributed by atoms with Crippen molar-refractivity contribution in [3.8, 4) is 0 Å². The fourth-order valence-corrected chi connectivity index (χ4v) is 4.52. The highest BCUT2D eigenvalue weighted by Crippen LogP contribution is 2.30. The van der Waals surface area contributed by atoms with Crippen molar-refractivity contribution >= 4 is 32.3 Å². The van der Waals surface area contributed by atoms with Gasteiger partial charge in [-0.05, 0) is 61.7 Å². The van der Waals surface area contributed by atoms with Gasteiger partial charge in [0.1, 0.15) is 0 Å². The summed E-state index contributed by atoms with van der Waals surface area (Å²) in [6.07, 6.45) is 2.55. The molecule has 2 aromatic carbocycles. The number of nitrogens with one attached hydrogen (secondary N) is 1. The summed E-state index contributed by atoms with van der Waals surface area (Å²) in [5, 5.41) is 0.338. The van der Waals surface area contributed by atoms with Crippen LogP contribution in [0.4, 0.5) is 5.69 Å². The predicted octanol–water partition coefficient (Wildman–Crippen LogP) is 1.71. The molecule has 156 valence electrons. The summed E-state index contributed by atoms with van der Waals surface area (Å²) < 4.78 is 24.8. The van der Waals surface area contributed by atoms with Crippen LogP contribution in [0.25, 0.3) is 10.9 Å². The van der Waals surface area contributed by atoms with Gasteiger partial charge in [0.2, 0.25) is 0 Å². The first kappa shape index (κ1) is 20.1. The van der Waals surface area contributed by atoms with Crippen molar-refractivity contribution < 1.29 is 13.2 Å². The molecule has 0 atom stereocenters. The molecule has 0 fully saturated rings. The Morgan fingerprint density at radius 1 is 1.13 bits per heavy atom. The van der Waals surface area contributed by atoms with Crippen LogP contribution in [0, 0.1) is 0 Å². The number of fused-ring (bicyclic) bond motifs is 2. The smallest absolute Gasteiger partial charge is 0.308 e. The van der Waals surface area contributed by atoms with E-state index in [0.29, 0.717) is 41.5 Å². The van der Waals surface area contributed by atoms with Gasteiger partial charge in [0, 0.05) is 30.6 Å². The fraction of sp³-hybridized carbons (Fsp3) is 0.286. The molecule has 0 bridgehead atoms. The SMILES string of the molecule is CCn1c(=O)[nH]c2cc(C(=O)N3CCCc4cc(S(C)(=O)=O)ccc43)ccc2c1=O. The molecule has 30 heavy (non-hydrogen) atoms. The third-order valence-electron chi connectivity index (χ3n) is 5.39. The zero-order chi connectivity index (χ0) is 21.6. The monoisotopic (exact) mass is 427 g/mol. The third-order valence-corrected chi connectivity index (χ3v) is 6.50. The molecular weight excluding hydrogens is 406 g/mol. The number of anilines is 1. The van der Waals surface area contributed by atoms with Crippen molar-refractivity contribution in [3.63, 3.8) is 0 Å². The lowest BCUT2D eigenvalue weighted by atomic mass is 10.0. The quantitative estimate of drug-likeness (QED) is 0.684. The van der Waals surface area contributed by atoms with E-state index in [1.165, 1.54) is 12.1 Å². The molecule has 0 saturated carbocycles. The molecule has 3 aromatic rings. The highest BCUT2D eigenvalue weighted by molar-refractivity contribution is 7.90. The minimum atomic E-state index is -3.33. The van der Waals surface area contributed by atoms with Crippen LogP contribution in [0.15, 0.2) is 50.9 Å². The molecule has 0 unspecified atom stereocenters. The molecule has 0 spiro atoms. The van der Waals surface area contributed by atoms with E-state index in [-0.39, 0.29) is 17.3 Å². The molecule has 0 radical (unpaired) electrons. The highest BCUT2D eigenvalue weighted by Gasteiger charge is 2.25. The van der Waals surface area contributed by atoms with E-state index in [9.17, 15) is 22.8 Å². The van der Waals surface area contributed by atoms with Crippen molar-refractivity contribution in [2.75, 3.05) is 17.7 Å². The first-order chi connectivity index (χ1) is 14.2. The number of H-pyrrole nitrogens is 1. The van der Waals surface area contributed by atoms with Crippen LogP contribution in [0.2, 0.25) is 0 Å². The Morgan fingerprint density at radius 3 is 2.60 bits per heavy atom. The van der Waals surface area contributed by atoms with Gasteiger partial charge in [-0.3, -0.25) is 14.2 Å². The number of nitrogens with zero attached hydrogens (tertiary/aromatic N) is 2. The standard InChI is InChI=1S/C21H21N3O5S/c1-3-23-20(26)16-8-6-14(12-17(16)22-21(23)27)19(25)24-10-4-5-13-11-15(30(2,28)29)7-9-18(13)24/h6-9,11-12H,3-5,10H2,1-2H3,(H,22,27). The Kier molecular flexibility index (Phi) is 4.85. The predicted molar refractivity (Wildman–Crippen MR) is 114 cm³/mol. The number of aromatic nitrogens is 2. The third kappa shape index (κ3) is 3.35. The lowest BCUT2D eigenvalue weighted by molar-refractivity contribution is 0.0985. The molecule has 0 saturated heterocycles.